The summed E-state index contributed by atoms with van der Waals surface area (Å²) in [5.74, 6) is 0.0346. The Balaban J connectivity index is 1.78. The molecule has 0 saturated heterocycles. The number of aromatic nitrogens is 2. The molecule has 0 aliphatic heterocycles. The number of hydrogen-bond acceptors (Lipinski definition) is 3. The van der Waals surface area contributed by atoms with E-state index >= 15 is 0 Å². The highest BCUT2D eigenvalue weighted by molar-refractivity contribution is 5.99. The number of halogens is 2. The van der Waals surface area contributed by atoms with Crippen LogP contribution >= 0.6 is 0 Å². The van der Waals surface area contributed by atoms with E-state index in [0.717, 1.165) is 30.3 Å². The summed E-state index contributed by atoms with van der Waals surface area (Å²) in [5.41, 5.74) is 3.36. The predicted molar refractivity (Wildman–Crippen MR) is 87.1 cm³/mol. The van der Waals surface area contributed by atoms with E-state index in [-0.39, 0.29) is 17.6 Å². The number of benzene rings is 1. The lowest BCUT2D eigenvalue weighted by molar-refractivity contribution is 0.0740. The summed E-state index contributed by atoms with van der Waals surface area (Å²) >= 11 is 0. The van der Waals surface area contributed by atoms with Gasteiger partial charge in [0.1, 0.15) is 5.71 Å². The van der Waals surface area contributed by atoms with Gasteiger partial charge in [0.25, 0.3) is 0 Å². The monoisotopic (exact) mass is 335 g/mol. The summed E-state index contributed by atoms with van der Waals surface area (Å²) in [4.78, 5) is 16.0. The minimum absolute atomic E-state index is 0.0346. The fourth-order valence-corrected chi connectivity index (χ4v) is 2.97. The maximum Gasteiger partial charge on any atom is 0.335 e. The van der Waals surface area contributed by atoms with E-state index in [4.69, 9.17) is 0 Å². The van der Waals surface area contributed by atoms with Crippen LogP contribution in [0, 0.1) is 0 Å². The number of fused-ring (bicyclic) bond motifs is 1. The van der Waals surface area contributed by atoms with E-state index < -0.39 is 12.6 Å². The average Bonchev–Trinajstić information content (AvgIpc) is 3.19. The topological polar surface area (TPSA) is 71.3 Å². The molecule has 2 aromatic rings. The summed E-state index contributed by atoms with van der Waals surface area (Å²) in [7, 11) is 0. The van der Waals surface area contributed by atoms with Crippen LogP contribution in [0.15, 0.2) is 29.4 Å². The first kappa shape index (κ1) is 16.4. The number of nitrogens with one attached hydrogen (secondary N) is 2. The highest BCUT2D eigenvalue weighted by Gasteiger charge is 2.20. The van der Waals surface area contributed by atoms with Crippen molar-refractivity contribution in [2.45, 2.75) is 45.2 Å². The van der Waals surface area contributed by atoms with Gasteiger partial charge in [-0.3, -0.25) is 4.57 Å². The Morgan fingerprint density at radius 3 is 2.75 bits per heavy atom. The zero-order valence-electron chi connectivity index (χ0n) is 13.3. The SMILES string of the molecule is C/C(=N\NC(=O)NC1CCCC1)c1nc2ccccc2n1C(F)F. The van der Waals surface area contributed by atoms with Crippen LogP contribution in [0.25, 0.3) is 11.0 Å². The van der Waals surface area contributed by atoms with E-state index in [2.05, 4.69) is 20.8 Å². The van der Waals surface area contributed by atoms with Crippen LogP contribution in [0.5, 0.6) is 0 Å². The molecule has 3 rings (SSSR count). The quantitative estimate of drug-likeness (QED) is 0.664. The number of amides is 2. The van der Waals surface area contributed by atoms with Crippen molar-refractivity contribution in [1.29, 1.82) is 0 Å². The molecule has 6 nitrogen and oxygen atoms in total. The Morgan fingerprint density at radius 2 is 2.04 bits per heavy atom. The van der Waals surface area contributed by atoms with Gasteiger partial charge in [0.2, 0.25) is 0 Å². The van der Waals surface area contributed by atoms with E-state index in [1.165, 1.54) is 6.92 Å². The van der Waals surface area contributed by atoms with Gasteiger partial charge in [-0.05, 0) is 31.9 Å². The predicted octanol–water partition coefficient (Wildman–Crippen LogP) is 3.40. The van der Waals surface area contributed by atoms with Crippen molar-refractivity contribution in [1.82, 2.24) is 20.3 Å². The zero-order chi connectivity index (χ0) is 17.1. The molecule has 24 heavy (non-hydrogen) atoms. The fourth-order valence-electron chi connectivity index (χ4n) is 2.97. The molecule has 1 heterocycles. The Kier molecular flexibility index (Phi) is 4.73. The third kappa shape index (κ3) is 3.37. The Morgan fingerprint density at radius 1 is 1.33 bits per heavy atom. The molecule has 0 spiro atoms. The zero-order valence-corrected chi connectivity index (χ0v) is 13.3. The fraction of sp³-hybridized carbons (Fsp3) is 0.438. The first-order chi connectivity index (χ1) is 11.6. The third-order valence-electron chi connectivity index (χ3n) is 4.13. The highest BCUT2D eigenvalue weighted by Crippen LogP contribution is 2.23. The van der Waals surface area contributed by atoms with Gasteiger partial charge < -0.3 is 5.32 Å². The van der Waals surface area contributed by atoms with Crippen LogP contribution in [0.2, 0.25) is 0 Å². The second-order valence-corrected chi connectivity index (χ2v) is 5.84. The number of rotatable bonds is 4. The standard InChI is InChI=1S/C16H19F2N5O/c1-10(21-22-16(24)19-11-6-2-3-7-11)14-20-12-8-4-5-9-13(12)23(14)15(17)18/h4-5,8-9,11,15H,2-3,6-7H2,1H3,(H2,19,22,24)/b21-10+. The molecule has 1 fully saturated rings. The van der Waals surface area contributed by atoms with E-state index in [0.29, 0.717) is 11.0 Å². The van der Waals surface area contributed by atoms with Gasteiger partial charge in [-0.2, -0.15) is 13.9 Å². The average molecular weight is 335 g/mol. The number of alkyl halides is 2. The molecule has 128 valence electrons. The second kappa shape index (κ2) is 6.94. The third-order valence-corrected chi connectivity index (χ3v) is 4.13. The van der Waals surface area contributed by atoms with Crippen molar-refractivity contribution >= 4 is 22.8 Å². The molecule has 8 heteroatoms. The van der Waals surface area contributed by atoms with Crippen LogP contribution in [0.4, 0.5) is 13.6 Å². The maximum absolute atomic E-state index is 13.4. The van der Waals surface area contributed by atoms with Crippen LogP contribution in [0.1, 0.15) is 45.0 Å². The van der Waals surface area contributed by atoms with Gasteiger partial charge in [0.05, 0.1) is 11.0 Å². The van der Waals surface area contributed by atoms with E-state index in [1.807, 2.05) is 0 Å². The molecular weight excluding hydrogens is 316 g/mol. The number of carbonyl (C=O) groups excluding carboxylic acids is 1. The van der Waals surface area contributed by atoms with Crippen molar-refractivity contribution in [2.75, 3.05) is 0 Å². The molecule has 1 aromatic heterocycles. The molecule has 0 atom stereocenters. The van der Waals surface area contributed by atoms with Crippen molar-refractivity contribution in [2.24, 2.45) is 5.10 Å². The van der Waals surface area contributed by atoms with Crippen molar-refractivity contribution < 1.29 is 13.6 Å². The molecule has 1 aliphatic rings. The van der Waals surface area contributed by atoms with Gasteiger partial charge in [-0.15, -0.1) is 0 Å². The summed E-state index contributed by atoms with van der Waals surface area (Å²) < 4.78 is 27.6. The minimum Gasteiger partial charge on any atom is -0.334 e. The lowest BCUT2D eigenvalue weighted by Gasteiger charge is -2.11. The van der Waals surface area contributed by atoms with Gasteiger partial charge in [-0.25, -0.2) is 15.2 Å². The molecule has 0 radical (unpaired) electrons. The van der Waals surface area contributed by atoms with Crippen LogP contribution in [0.3, 0.4) is 0 Å². The molecule has 0 unspecified atom stereocenters. The first-order valence-corrected chi connectivity index (χ1v) is 7.92. The number of hydrazone groups is 1. The Labute approximate surface area is 137 Å². The Bertz CT molecular complexity index is 765. The first-order valence-electron chi connectivity index (χ1n) is 7.92. The second-order valence-electron chi connectivity index (χ2n) is 5.84. The molecule has 2 amide bonds. The highest BCUT2D eigenvalue weighted by atomic mass is 19.3. The number of carbonyl (C=O) groups is 1. The molecule has 2 N–H and O–H groups in total. The maximum atomic E-state index is 13.4. The van der Waals surface area contributed by atoms with Gasteiger partial charge >= 0.3 is 12.6 Å². The van der Waals surface area contributed by atoms with Crippen LogP contribution in [-0.4, -0.2) is 27.3 Å². The number of nitrogens with zero attached hydrogens (tertiary/aromatic N) is 3. The summed E-state index contributed by atoms with van der Waals surface area (Å²) in [6.07, 6.45) is 4.12. The molecule has 0 bridgehead atoms. The minimum atomic E-state index is -2.75. The van der Waals surface area contributed by atoms with Gasteiger partial charge in [0.15, 0.2) is 5.82 Å². The number of hydrogen-bond donors (Lipinski definition) is 2. The van der Waals surface area contributed by atoms with Crippen molar-refractivity contribution in [3.63, 3.8) is 0 Å². The smallest absolute Gasteiger partial charge is 0.334 e. The number of para-hydroxylation sites is 2. The lowest BCUT2D eigenvalue weighted by Crippen LogP contribution is -2.39. The van der Waals surface area contributed by atoms with Crippen LogP contribution < -0.4 is 10.7 Å². The molecular formula is C16H19F2N5O. The van der Waals surface area contributed by atoms with Crippen molar-refractivity contribution in [3.8, 4) is 0 Å². The number of urea groups is 1. The normalized spacial score (nSPS) is 16.1. The Hall–Kier alpha value is -2.51. The molecule has 1 aromatic carbocycles. The van der Waals surface area contributed by atoms with Crippen LogP contribution in [-0.2, 0) is 0 Å². The number of imidazole rings is 1. The van der Waals surface area contributed by atoms with Crippen molar-refractivity contribution in [3.05, 3.63) is 30.1 Å². The van der Waals surface area contributed by atoms with Gasteiger partial charge in [0, 0.05) is 6.04 Å². The molecule has 1 aliphatic carbocycles. The van der Waals surface area contributed by atoms with Gasteiger partial charge in [-0.1, -0.05) is 25.0 Å². The molecule has 1 saturated carbocycles. The lowest BCUT2D eigenvalue weighted by atomic mass is 10.3. The summed E-state index contributed by atoms with van der Waals surface area (Å²) in [6, 6.07) is 6.37. The van der Waals surface area contributed by atoms with E-state index in [1.54, 1.807) is 24.3 Å². The summed E-state index contributed by atoms with van der Waals surface area (Å²) in [5, 5.41) is 6.73. The summed E-state index contributed by atoms with van der Waals surface area (Å²) in [6.45, 7) is -1.21. The largest absolute Gasteiger partial charge is 0.335 e. The van der Waals surface area contributed by atoms with E-state index in [9.17, 15) is 13.6 Å².